The van der Waals surface area contributed by atoms with Crippen LogP contribution in [0.2, 0.25) is 0 Å². The van der Waals surface area contributed by atoms with Gasteiger partial charge in [0.2, 0.25) is 5.91 Å². The fraction of sp³-hybridized carbons (Fsp3) is 0.471. The summed E-state index contributed by atoms with van der Waals surface area (Å²) in [5.41, 5.74) is 0.779. The molecule has 1 amide bonds. The maximum atomic E-state index is 12.0. The van der Waals surface area contributed by atoms with Crippen molar-refractivity contribution in [3.05, 3.63) is 23.8 Å². The summed E-state index contributed by atoms with van der Waals surface area (Å²) in [5.74, 6) is -0.412. The van der Waals surface area contributed by atoms with Crippen LogP contribution in [0.5, 0.6) is 0 Å². The van der Waals surface area contributed by atoms with Crippen molar-refractivity contribution in [2.75, 3.05) is 11.9 Å². The number of amides is 1. The van der Waals surface area contributed by atoms with E-state index in [4.69, 9.17) is 4.74 Å². The summed E-state index contributed by atoms with van der Waals surface area (Å²) in [5, 5.41) is 3.35. The van der Waals surface area contributed by atoms with Gasteiger partial charge < -0.3 is 10.1 Å². The second kappa shape index (κ2) is 7.08. The predicted octanol–water partition coefficient (Wildman–Crippen LogP) is 4.24. The molecule has 0 bridgehead atoms. The van der Waals surface area contributed by atoms with Gasteiger partial charge in [0.05, 0.1) is 22.4 Å². The molecule has 23 heavy (non-hydrogen) atoms. The van der Waals surface area contributed by atoms with E-state index < -0.39 is 5.41 Å². The molecular formula is C17H22N2O3S. The average molecular weight is 334 g/mol. The molecule has 2 rings (SSSR count). The maximum Gasteiger partial charge on any atom is 0.338 e. The second-order valence-electron chi connectivity index (χ2n) is 6.40. The third-order valence-electron chi connectivity index (χ3n) is 3.26. The van der Waals surface area contributed by atoms with E-state index in [1.54, 1.807) is 18.2 Å². The number of nitrogens with zero attached hydrogens (tertiary/aromatic N) is 1. The highest BCUT2D eigenvalue weighted by atomic mass is 32.1. The summed E-state index contributed by atoms with van der Waals surface area (Å²) in [7, 11) is 0. The third kappa shape index (κ3) is 4.51. The molecule has 1 N–H and O–H groups in total. The fourth-order valence-corrected chi connectivity index (χ4v) is 2.68. The Morgan fingerprint density at radius 2 is 2.04 bits per heavy atom. The molecule has 124 valence electrons. The number of nitrogens with one attached hydrogen (secondary N) is 1. The molecule has 0 fully saturated rings. The van der Waals surface area contributed by atoms with Gasteiger partial charge in [0, 0.05) is 5.41 Å². The number of anilines is 1. The topological polar surface area (TPSA) is 68.3 Å². The number of esters is 1. The van der Waals surface area contributed by atoms with Crippen molar-refractivity contribution in [3.8, 4) is 0 Å². The lowest BCUT2D eigenvalue weighted by Crippen LogP contribution is -2.27. The summed E-state index contributed by atoms with van der Waals surface area (Å²) in [6.07, 6.45) is 1.84. The van der Waals surface area contributed by atoms with Gasteiger partial charge in [-0.3, -0.25) is 4.79 Å². The average Bonchev–Trinajstić information content (AvgIpc) is 2.87. The highest BCUT2D eigenvalue weighted by Gasteiger charge is 2.22. The summed E-state index contributed by atoms with van der Waals surface area (Å²) in [6.45, 7) is 8.02. The fourth-order valence-electron chi connectivity index (χ4n) is 1.78. The van der Waals surface area contributed by atoms with Gasteiger partial charge in [0.1, 0.15) is 0 Å². The van der Waals surface area contributed by atoms with E-state index in [0.717, 1.165) is 23.1 Å². The van der Waals surface area contributed by atoms with E-state index in [-0.39, 0.29) is 11.9 Å². The first-order valence-corrected chi connectivity index (χ1v) is 8.52. The Kier molecular flexibility index (Phi) is 5.36. The van der Waals surface area contributed by atoms with Crippen LogP contribution in [-0.4, -0.2) is 23.5 Å². The lowest BCUT2D eigenvalue weighted by atomic mass is 9.96. The molecule has 1 aromatic heterocycles. The zero-order valence-corrected chi connectivity index (χ0v) is 14.8. The first kappa shape index (κ1) is 17.4. The number of hydrogen-bond acceptors (Lipinski definition) is 5. The first-order chi connectivity index (χ1) is 10.8. The monoisotopic (exact) mass is 334 g/mol. The standard InChI is InChI=1S/C17H22N2O3S/c1-5-6-9-22-14(20)11-7-8-12-13(10-11)23-16(18-12)19-15(21)17(2,3)4/h7-8,10H,5-6,9H2,1-4H3,(H,18,19,21). The molecule has 0 radical (unpaired) electrons. The number of rotatable bonds is 5. The number of hydrogen-bond donors (Lipinski definition) is 1. The zero-order chi connectivity index (χ0) is 17.0. The number of carbonyl (C=O) groups excluding carboxylic acids is 2. The summed E-state index contributed by atoms with van der Waals surface area (Å²) in [6, 6.07) is 5.23. The van der Waals surface area contributed by atoms with E-state index in [1.807, 2.05) is 27.7 Å². The smallest absolute Gasteiger partial charge is 0.338 e. The predicted molar refractivity (Wildman–Crippen MR) is 92.9 cm³/mol. The highest BCUT2D eigenvalue weighted by Crippen LogP contribution is 2.28. The lowest BCUT2D eigenvalue weighted by molar-refractivity contribution is -0.123. The minimum atomic E-state index is -0.480. The van der Waals surface area contributed by atoms with Crippen molar-refractivity contribution in [1.82, 2.24) is 4.98 Å². The van der Waals surface area contributed by atoms with Crippen molar-refractivity contribution in [1.29, 1.82) is 0 Å². The molecule has 6 heteroatoms. The first-order valence-electron chi connectivity index (χ1n) is 7.70. The third-order valence-corrected chi connectivity index (χ3v) is 4.19. The Morgan fingerprint density at radius 3 is 2.70 bits per heavy atom. The SMILES string of the molecule is CCCCOC(=O)c1ccc2nc(NC(=O)C(C)(C)C)sc2c1. The quantitative estimate of drug-likeness (QED) is 0.656. The van der Waals surface area contributed by atoms with Crippen molar-refractivity contribution in [2.45, 2.75) is 40.5 Å². The zero-order valence-electron chi connectivity index (χ0n) is 13.9. The van der Waals surface area contributed by atoms with Crippen LogP contribution in [0.15, 0.2) is 18.2 Å². The molecule has 0 aliphatic rings. The molecule has 0 aliphatic carbocycles. The van der Waals surface area contributed by atoms with Crippen LogP contribution in [0.25, 0.3) is 10.2 Å². The summed E-state index contributed by atoms with van der Waals surface area (Å²) < 4.78 is 6.06. The molecule has 0 atom stereocenters. The number of carbonyl (C=O) groups is 2. The van der Waals surface area contributed by atoms with E-state index in [0.29, 0.717) is 17.3 Å². The van der Waals surface area contributed by atoms with Gasteiger partial charge in [-0.2, -0.15) is 0 Å². The van der Waals surface area contributed by atoms with Gasteiger partial charge in [-0.15, -0.1) is 0 Å². The normalized spacial score (nSPS) is 11.5. The van der Waals surface area contributed by atoms with Gasteiger partial charge in [-0.05, 0) is 24.6 Å². The van der Waals surface area contributed by atoms with Gasteiger partial charge in [0.25, 0.3) is 0 Å². The van der Waals surface area contributed by atoms with Crippen LogP contribution in [0.4, 0.5) is 5.13 Å². The number of fused-ring (bicyclic) bond motifs is 1. The van der Waals surface area contributed by atoms with E-state index in [9.17, 15) is 9.59 Å². The molecule has 5 nitrogen and oxygen atoms in total. The minimum absolute atomic E-state index is 0.0873. The molecule has 0 spiro atoms. The van der Waals surface area contributed by atoms with Crippen molar-refractivity contribution in [2.24, 2.45) is 5.41 Å². The van der Waals surface area contributed by atoms with Gasteiger partial charge in [-0.25, -0.2) is 9.78 Å². The van der Waals surface area contributed by atoms with Crippen LogP contribution in [0, 0.1) is 5.41 Å². The molecule has 0 unspecified atom stereocenters. The molecule has 0 aliphatic heterocycles. The lowest BCUT2D eigenvalue weighted by Gasteiger charge is -2.15. The van der Waals surface area contributed by atoms with Crippen LogP contribution in [-0.2, 0) is 9.53 Å². The Balaban J connectivity index is 2.14. The maximum absolute atomic E-state index is 12.0. The number of benzene rings is 1. The van der Waals surface area contributed by atoms with Crippen molar-refractivity contribution in [3.63, 3.8) is 0 Å². The van der Waals surface area contributed by atoms with Crippen molar-refractivity contribution < 1.29 is 14.3 Å². The van der Waals surface area contributed by atoms with Crippen LogP contribution < -0.4 is 5.32 Å². The van der Waals surface area contributed by atoms with E-state index in [2.05, 4.69) is 10.3 Å². The number of aromatic nitrogens is 1. The molecule has 0 saturated carbocycles. The Hall–Kier alpha value is -1.95. The Bertz CT molecular complexity index is 716. The van der Waals surface area contributed by atoms with Crippen LogP contribution >= 0.6 is 11.3 Å². The van der Waals surface area contributed by atoms with E-state index in [1.165, 1.54) is 11.3 Å². The largest absolute Gasteiger partial charge is 0.462 e. The number of thiazole rings is 1. The van der Waals surface area contributed by atoms with Crippen molar-refractivity contribution >= 4 is 38.6 Å². The number of unbranched alkanes of at least 4 members (excludes halogenated alkanes) is 1. The summed E-state index contributed by atoms with van der Waals surface area (Å²) in [4.78, 5) is 28.4. The van der Waals surface area contributed by atoms with E-state index >= 15 is 0 Å². The van der Waals surface area contributed by atoms with Crippen LogP contribution in [0.1, 0.15) is 50.9 Å². The van der Waals surface area contributed by atoms with Gasteiger partial charge >= 0.3 is 5.97 Å². The second-order valence-corrected chi connectivity index (χ2v) is 7.43. The van der Waals surface area contributed by atoms with Crippen LogP contribution in [0.3, 0.4) is 0 Å². The van der Waals surface area contributed by atoms with Gasteiger partial charge in [-0.1, -0.05) is 45.5 Å². The van der Waals surface area contributed by atoms with Gasteiger partial charge in [0.15, 0.2) is 5.13 Å². The number of ether oxygens (including phenoxy) is 1. The molecule has 1 heterocycles. The molecule has 2 aromatic rings. The Morgan fingerprint density at radius 1 is 1.30 bits per heavy atom. The summed E-state index contributed by atoms with van der Waals surface area (Å²) >= 11 is 1.35. The molecule has 1 aromatic carbocycles. The minimum Gasteiger partial charge on any atom is -0.462 e. The molecule has 0 saturated heterocycles. The molecular weight excluding hydrogens is 312 g/mol. The Labute approximate surface area is 140 Å². The highest BCUT2D eigenvalue weighted by molar-refractivity contribution is 7.22.